The van der Waals surface area contributed by atoms with Crippen LogP contribution in [0.3, 0.4) is 0 Å². The fourth-order valence-corrected chi connectivity index (χ4v) is 1.73. The third kappa shape index (κ3) is 3.51. The van der Waals surface area contributed by atoms with Crippen LogP contribution in [0.25, 0.3) is 0 Å². The van der Waals surface area contributed by atoms with Gasteiger partial charge >= 0.3 is 5.97 Å². The van der Waals surface area contributed by atoms with Crippen LogP contribution in [0.4, 0.5) is 8.78 Å². The van der Waals surface area contributed by atoms with E-state index in [4.69, 9.17) is 5.11 Å². The van der Waals surface area contributed by atoms with E-state index >= 15 is 0 Å². The number of carboxylic acids is 1. The Balaban J connectivity index is 2.62. The van der Waals surface area contributed by atoms with Crippen LogP contribution >= 0.6 is 11.8 Å². The van der Waals surface area contributed by atoms with E-state index in [0.717, 1.165) is 23.9 Å². The van der Waals surface area contributed by atoms with Gasteiger partial charge in [-0.2, -0.15) is 0 Å². The van der Waals surface area contributed by atoms with Gasteiger partial charge in [0.2, 0.25) is 0 Å². The third-order valence-corrected chi connectivity index (χ3v) is 3.03. The molecule has 0 aromatic heterocycles. The zero-order chi connectivity index (χ0) is 11.4. The second kappa shape index (κ2) is 5.11. The highest BCUT2D eigenvalue weighted by atomic mass is 32.2. The van der Waals surface area contributed by atoms with Crippen molar-refractivity contribution in [3.05, 3.63) is 35.4 Å². The number of hydrogen-bond donors (Lipinski definition) is 1. The average molecular weight is 232 g/mol. The fraction of sp³-hybridized carbons (Fsp3) is 0.300. The molecule has 5 heteroatoms. The summed E-state index contributed by atoms with van der Waals surface area (Å²) in [4.78, 5) is 10.5. The lowest BCUT2D eigenvalue weighted by Gasteiger charge is -2.06. The molecule has 0 aliphatic carbocycles. The molecule has 15 heavy (non-hydrogen) atoms. The van der Waals surface area contributed by atoms with Gasteiger partial charge in [-0.1, -0.05) is 6.07 Å². The molecule has 0 saturated carbocycles. The standard InChI is InChI=1S/C10H10F2O2S/c1-6(10(13)14)15-5-7-2-3-8(11)4-9(7)12/h2-4,6H,5H2,1H3,(H,13,14). The molecule has 0 bridgehead atoms. The van der Waals surface area contributed by atoms with E-state index in [1.165, 1.54) is 13.0 Å². The molecule has 0 amide bonds. The third-order valence-electron chi connectivity index (χ3n) is 1.85. The molecule has 0 radical (unpaired) electrons. The summed E-state index contributed by atoms with van der Waals surface area (Å²) in [6.45, 7) is 1.52. The minimum atomic E-state index is -0.942. The van der Waals surface area contributed by atoms with Crippen LogP contribution in [0.15, 0.2) is 18.2 Å². The average Bonchev–Trinajstić information content (AvgIpc) is 2.15. The Kier molecular flexibility index (Phi) is 4.08. The lowest BCUT2D eigenvalue weighted by atomic mass is 10.2. The molecule has 1 N–H and O–H groups in total. The number of hydrogen-bond acceptors (Lipinski definition) is 2. The maximum absolute atomic E-state index is 13.1. The molecule has 1 atom stereocenters. The summed E-state index contributed by atoms with van der Waals surface area (Å²) in [6, 6.07) is 3.28. The Morgan fingerprint density at radius 2 is 2.20 bits per heavy atom. The smallest absolute Gasteiger partial charge is 0.316 e. The van der Waals surface area contributed by atoms with E-state index in [9.17, 15) is 13.6 Å². The first kappa shape index (κ1) is 12.0. The number of benzene rings is 1. The van der Waals surface area contributed by atoms with Gasteiger partial charge in [0, 0.05) is 11.8 Å². The van der Waals surface area contributed by atoms with Crippen LogP contribution < -0.4 is 0 Å². The van der Waals surface area contributed by atoms with Gasteiger partial charge in [-0.25, -0.2) is 8.78 Å². The first-order valence-corrected chi connectivity index (χ1v) is 5.34. The van der Waals surface area contributed by atoms with E-state index in [1.54, 1.807) is 0 Å². The van der Waals surface area contributed by atoms with E-state index in [-0.39, 0.29) is 5.75 Å². The fourth-order valence-electron chi connectivity index (χ4n) is 0.925. The Morgan fingerprint density at radius 1 is 1.53 bits per heavy atom. The summed E-state index contributed by atoms with van der Waals surface area (Å²) in [7, 11) is 0. The van der Waals surface area contributed by atoms with Gasteiger partial charge in [0.05, 0.1) is 5.25 Å². The molecule has 1 unspecified atom stereocenters. The van der Waals surface area contributed by atoms with Crippen molar-refractivity contribution in [2.45, 2.75) is 17.9 Å². The predicted molar refractivity (Wildman–Crippen MR) is 54.8 cm³/mol. The van der Waals surface area contributed by atoms with Gasteiger partial charge in [0.15, 0.2) is 0 Å². The highest BCUT2D eigenvalue weighted by Crippen LogP contribution is 2.20. The second-order valence-corrected chi connectivity index (χ2v) is 4.36. The summed E-state index contributed by atoms with van der Waals surface area (Å²) < 4.78 is 25.6. The molecule has 1 aromatic carbocycles. The molecule has 0 spiro atoms. The summed E-state index contributed by atoms with van der Waals surface area (Å²) in [5.74, 6) is -1.99. The number of aliphatic carboxylic acids is 1. The molecular formula is C10H10F2O2S. The van der Waals surface area contributed by atoms with Crippen molar-refractivity contribution in [1.82, 2.24) is 0 Å². The van der Waals surface area contributed by atoms with E-state index in [1.807, 2.05) is 0 Å². The lowest BCUT2D eigenvalue weighted by Crippen LogP contribution is -2.11. The molecule has 0 aliphatic rings. The van der Waals surface area contributed by atoms with E-state index in [0.29, 0.717) is 5.56 Å². The van der Waals surface area contributed by atoms with Crippen LogP contribution in [-0.2, 0) is 10.5 Å². The Bertz CT molecular complexity index is 368. The van der Waals surface area contributed by atoms with Crippen molar-refractivity contribution in [2.75, 3.05) is 0 Å². The topological polar surface area (TPSA) is 37.3 Å². The maximum Gasteiger partial charge on any atom is 0.316 e. The summed E-state index contributed by atoms with van der Waals surface area (Å²) in [5, 5.41) is 8.00. The molecular weight excluding hydrogens is 222 g/mol. The van der Waals surface area contributed by atoms with E-state index in [2.05, 4.69) is 0 Å². The molecule has 1 aromatic rings. The van der Waals surface area contributed by atoms with Gasteiger partial charge in [0.25, 0.3) is 0 Å². The number of rotatable bonds is 4. The minimum Gasteiger partial charge on any atom is -0.480 e. The largest absolute Gasteiger partial charge is 0.480 e. The van der Waals surface area contributed by atoms with Crippen molar-refractivity contribution in [1.29, 1.82) is 0 Å². The highest BCUT2D eigenvalue weighted by Gasteiger charge is 2.12. The zero-order valence-corrected chi connectivity index (χ0v) is 8.85. The monoisotopic (exact) mass is 232 g/mol. The SMILES string of the molecule is CC(SCc1ccc(F)cc1F)C(=O)O. The molecule has 82 valence electrons. The molecule has 0 saturated heterocycles. The quantitative estimate of drug-likeness (QED) is 0.867. The molecule has 0 aliphatic heterocycles. The number of thioether (sulfide) groups is 1. The normalized spacial score (nSPS) is 12.5. The van der Waals surface area contributed by atoms with Crippen LogP contribution in [-0.4, -0.2) is 16.3 Å². The number of halogens is 2. The number of carboxylic acid groups (broad SMARTS) is 1. The second-order valence-electron chi connectivity index (χ2n) is 3.03. The van der Waals surface area contributed by atoms with E-state index < -0.39 is 22.9 Å². The first-order valence-electron chi connectivity index (χ1n) is 4.29. The van der Waals surface area contributed by atoms with Crippen LogP contribution in [0.5, 0.6) is 0 Å². The van der Waals surface area contributed by atoms with Crippen molar-refractivity contribution in [3.63, 3.8) is 0 Å². The van der Waals surface area contributed by atoms with Gasteiger partial charge < -0.3 is 5.11 Å². The highest BCUT2D eigenvalue weighted by molar-refractivity contribution is 7.99. The Labute approximate surface area is 90.3 Å². The lowest BCUT2D eigenvalue weighted by molar-refractivity contribution is -0.136. The summed E-state index contributed by atoms with van der Waals surface area (Å²) >= 11 is 1.10. The van der Waals surface area contributed by atoms with Crippen molar-refractivity contribution >= 4 is 17.7 Å². The number of carbonyl (C=O) groups is 1. The molecule has 0 fully saturated rings. The van der Waals surface area contributed by atoms with Crippen molar-refractivity contribution in [3.8, 4) is 0 Å². The Morgan fingerprint density at radius 3 is 2.73 bits per heavy atom. The molecule has 1 rings (SSSR count). The van der Waals surface area contributed by atoms with Crippen LogP contribution in [0, 0.1) is 11.6 Å². The van der Waals surface area contributed by atoms with Crippen molar-refractivity contribution < 1.29 is 18.7 Å². The minimum absolute atomic E-state index is 0.222. The van der Waals surface area contributed by atoms with Gasteiger partial charge in [-0.3, -0.25) is 4.79 Å². The van der Waals surface area contributed by atoms with Crippen molar-refractivity contribution in [2.24, 2.45) is 0 Å². The maximum atomic E-state index is 13.1. The van der Waals surface area contributed by atoms with Gasteiger partial charge in [0.1, 0.15) is 11.6 Å². The van der Waals surface area contributed by atoms with Gasteiger partial charge in [-0.05, 0) is 18.6 Å². The van der Waals surface area contributed by atoms with Crippen LogP contribution in [0.1, 0.15) is 12.5 Å². The molecule has 0 heterocycles. The van der Waals surface area contributed by atoms with Gasteiger partial charge in [-0.15, -0.1) is 11.8 Å². The Hall–Kier alpha value is -1.10. The summed E-state index contributed by atoms with van der Waals surface area (Å²) in [6.07, 6.45) is 0. The first-order chi connectivity index (χ1) is 7.00. The summed E-state index contributed by atoms with van der Waals surface area (Å²) in [5.41, 5.74) is 0.314. The zero-order valence-electron chi connectivity index (χ0n) is 8.04. The molecule has 2 nitrogen and oxygen atoms in total. The predicted octanol–water partition coefficient (Wildman–Crippen LogP) is 2.67. The van der Waals surface area contributed by atoms with Crippen LogP contribution in [0.2, 0.25) is 0 Å².